The molecule has 1 spiro atoms. The molecule has 0 aliphatic heterocycles. The van der Waals surface area contributed by atoms with Crippen LogP contribution in [0.1, 0.15) is 32.1 Å². The number of hydrogen-bond acceptors (Lipinski definition) is 3. The second kappa shape index (κ2) is 3.19. The molecule has 0 aromatic heterocycles. The lowest BCUT2D eigenvalue weighted by Gasteiger charge is -2.39. The molecule has 3 aliphatic rings. The predicted molar refractivity (Wildman–Crippen MR) is 57.3 cm³/mol. The molecule has 3 fully saturated rings. The van der Waals surface area contributed by atoms with Crippen LogP contribution in [0.3, 0.4) is 0 Å². The lowest BCUT2D eigenvalue weighted by molar-refractivity contribution is 0.00927. The van der Waals surface area contributed by atoms with Crippen LogP contribution in [0.15, 0.2) is 0 Å². The Morgan fingerprint density at radius 1 is 1.33 bits per heavy atom. The summed E-state index contributed by atoms with van der Waals surface area (Å²) in [5.74, 6) is 1.48. The van der Waals surface area contributed by atoms with Gasteiger partial charge in [0.1, 0.15) is 0 Å². The van der Waals surface area contributed by atoms with Crippen molar-refractivity contribution >= 4 is 0 Å². The Labute approximate surface area is 91.0 Å². The molecule has 86 valence electrons. The highest BCUT2D eigenvalue weighted by Gasteiger charge is 2.61. The van der Waals surface area contributed by atoms with Gasteiger partial charge in [0.25, 0.3) is 0 Å². The van der Waals surface area contributed by atoms with Crippen molar-refractivity contribution < 1.29 is 9.84 Å². The molecule has 0 heterocycles. The van der Waals surface area contributed by atoms with Gasteiger partial charge in [0.15, 0.2) is 0 Å². The molecule has 3 aliphatic carbocycles. The minimum absolute atomic E-state index is 0.0235. The third-order valence-electron chi connectivity index (χ3n) is 5.36. The number of methoxy groups -OCH3 is 1. The van der Waals surface area contributed by atoms with E-state index in [1.165, 1.54) is 19.3 Å². The number of aliphatic hydroxyl groups excluding tert-OH is 1. The molecule has 2 bridgehead atoms. The Morgan fingerprint density at radius 3 is 2.67 bits per heavy atom. The first kappa shape index (κ1) is 10.1. The van der Waals surface area contributed by atoms with E-state index in [2.05, 4.69) is 0 Å². The fraction of sp³-hybridized carbons (Fsp3) is 1.00. The van der Waals surface area contributed by atoms with Crippen LogP contribution in [0.25, 0.3) is 0 Å². The van der Waals surface area contributed by atoms with Gasteiger partial charge in [-0.1, -0.05) is 0 Å². The fourth-order valence-corrected chi connectivity index (χ4v) is 4.57. The van der Waals surface area contributed by atoms with Crippen LogP contribution < -0.4 is 5.73 Å². The van der Waals surface area contributed by atoms with Gasteiger partial charge in [-0.05, 0) is 49.4 Å². The summed E-state index contributed by atoms with van der Waals surface area (Å²) in [6.07, 6.45) is 5.50. The van der Waals surface area contributed by atoms with Crippen molar-refractivity contribution in [2.75, 3.05) is 7.11 Å². The maximum Gasteiger partial charge on any atom is 0.0836 e. The van der Waals surface area contributed by atoms with Crippen LogP contribution in [0.4, 0.5) is 0 Å². The van der Waals surface area contributed by atoms with Crippen LogP contribution in [0.2, 0.25) is 0 Å². The second-order valence-corrected chi connectivity index (χ2v) is 5.78. The molecule has 0 aromatic rings. The minimum atomic E-state index is -0.291. The smallest absolute Gasteiger partial charge is 0.0836 e. The van der Waals surface area contributed by atoms with E-state index in [0.717, 1.165) is 24.7 Å². The normalized spacial score (nSPS) is 58.2. The van der Waals surface area contributed by atoms with Crippen molar-refractivity contribution in [3.05, 3.63) is 0 Å². The van der Waals surface area contributed by atoms with Crippen molar-refractivity contribution in [3.63, 3.8) is 0 Å². The van der Waals surface area contributed by atoms with E-state index >= 15 is 0 Å². The van der Waals surface area contributed by atoms with Crippen LogP contribution in [0, 0.1) is 17.3 Å². The average molecular weight is 211 g/mol. The zero-order valence-corrected chi connectivity index (χ0v) is 9.36. The number of aliphatic hydroxyl groups is 1. The number of fused-ring (bicyclic) bond motifs is 3. The SMILES string of the molecule is CO[C@H]1CC2(CC1O)C1CCC(C1)[C@@H]2N. The molecule has 0 amide bonds. The molecule has 0 saturated heterocycles. The maximum absolute atomic E-state index is 9.98. The van der Waals surface area contributed by atoms with Gasteiger partial charge in [-0.2, -0.15) is 0 Å². The Kier molecular flexibility index (Phi) is 2.14. The quantitative estimate of drug-likeness (QED) is 0.677. The first-order chi connectivity index (χ1) is 7.17. The molecule has 3 heteroatoms. The van der Waals surface area contributed by atoms with E-state index in [9.17, 15) is 5.11 Å². The number of hydrogen-bond donors (Lipinski definition) is 2. The second-order valence-electron chi connectivity index (χ2n) is 5.78. The highest BCUT2D eigenvalue weighted by Crippen LogP contribution is 2.62. The van der Waals surface area contributed by atoms with Crippen molar-refractivity contribution in [2.24, 2.45) is 23.0 Å². The number of ether oxygens (including phenoxy) is 1. The van der Waals surface area contributed by atoms with Gasteiger partial charge in [0, 0.05) is 13.2 Å². The van der Waals surface area contributed by atoms with E-state index in [4.69, 9.17) is 10.5 Å². The topological polar surface area (TPSA) is 55.5 Å². The molecule has 3 rings (SSSR count). The van der Waals surface area contributed by atoms with E-state index in [1.54, 1.807) is 7.11 Å². The Hall–Kier alpha value is -0.120. The van der Waals surface area contributed by atoms with Crippen LogP contribution >= 0.6 is 0 Å². The zero-order chi connectivity index (χ0) is 10.6. The Morgan fingerprint density at radius 2 is 2.13 bits per heavy atom. The van der Waals surface area contributed by atoms with Crippen molar-refractivity contribution in [1.29, 1.82) is 0 Å². The average Bonchev–Trinajstić information content (AvgIpc) is 2.85. The lowest BCUT2D eigenvalue weighted by Crippen LogP contribution is -2.45. The molecule has 4 unspecified atom stereocenters. The lowest BCUT2D eigenvalue weighted by atomic mass is 9.69. The first-order valence-corrected chi connectivity index (χ1v) is 6.14. The first-order valence-electron chi connectivity index (χ1n) is 6.14. The summed E-state index contributed by atoms with van der Waals surface area (Å²) >= 11 is 0. The molecule has 0 radical (unpaired) electrons. The number of nitrogens with two attached hydrogens (primary N) is 1. The van der Waals surface area contributed by atoms with Gasteiger partial charge in [-0.15, -0.1) is 0 Å². The van der Waals surface area contributed by atoms with Crippen LogP contribution in [-0.2, 0) is 4.74 Å². The molecule has 3 saturated carbocycles. The highest BCUT2D eigenvalue weighted by atomic mass is 16.5. The largest absolute Gasteiger partial charge is 0.390 e. The summed E-state index contributed by atoms with van der Waals surface area (Å²) in [6, 6.07) is 0.311. The van der Waals surface area contributed by atoms with Gasteiger partial charge in [0.2, 0.25) is 0 Å². The van der Waals surface area contributed by atoms with E-state index in [1.807, 2.05) is 0 Å². The molecule has 15 heavy (non-hydrogen) atoms. The van der Waals surface area contributed by atoms with Gasteiger partial charge in [-0.3, -0.25) is 0 Å². The van der Waals surface area contributed by atoms with E-state index in [-0.39, 0.29) is 17.6 Å². The molecule has 3 nitrogen and oxygen atoms in total. The summed E-state index contributed by atoms with van der Waals surface area (Å²) in [5.41, 5.74) is 6.58. The third kappa shape index (κ3) is 1.17. The summed E-state index contributed by atoms with van der Waals surface area (Å²) in [7, 11) is 1.70. The fourth-order valence-electron chi connectivity index (χ4n) is 4.57. The van der Waals surface area contributed by atoms with Crippen molar-refractivity contribution in [1.82, 2.24) is 0 Å². The molecular formula is C12H21NO2. The monoisotopic (exact) mass is 211 g/mol. The highest BCUT2D eigenvalue weighted by molar-refractivity contribution is 5.13. The standard InChI is InChI=1S/C12H21NO2/c1-15-10-6-12(5-9(10)14)8-3-2-7(4-8)11(12)13/h7-11,14H,2-6,13H2,1H3/t7?,8?,9?,10-,11-,12?/m0/s1. The van der Waals surface area contributed by atoms with Crippen LogP contribution in [0.5, 0.6) is 0 Å². The Bertz CT molecular complexity index is 266. The van der Waals surface area contributed by atoms with Crippen molar-refractivity contribution in [3.8, 4) is 0 Å². The zero-order valence-electron chi connectivity index (χ0n) is 9.36. The Balaban J connectivity index is 1.86. The third-order valence-corrected chi connectivity index (χ3v) is 5.36. The predicted octanol–water partition coefficient (Wildman–Crippen LogP) is 0.900. The molecule has 6 atom stereocenters. The summed E-state index contributed by atoms with van der Waals surface area (Å²) in [4.78, 5) is 0. The van der Waals surface area contributed by atoms with Gasteiger partial charge in [-0.25, -0.2) is 0 Å². The maximum atomic E-state index is 9.98. The van der Waals surface area contributed by atoms with Gasteiger partial charge < -0.3 is 15.6 Å². The molecular weight excluding hydrogens is 190 g/mol. The summed E-state index contributed by atoms with van der Waals surface area (Å²) < 4.78 is 5.36. The summed E-state index contributed by atoms with van der Waals surface area (Å²) in [6.45, 7) is 0. The van der Waals surface area contributed by atoms with Gasteiger partial charge in [0.05, 0.1) is 12.2 Å². The summed E-state index contributed by atoms with van der Waals surface area (Å²) in [5, 5.41) is 9.98. The number of rotatable bonds is 1. The van der Waals surface area contributed by atoms with Gasteiger partial charge >= 0.3 is 0 Å². The molecule has 0 aromatic carbocycles. The van der Waals surface area contributed by atoms with Crippen LogP contribution in [-0.4, -0.2) is 30.5 Å². The van der Waals surface area contributed by atoms with Crippen molar-refractivity contribution in [2.45, 2.75) is 50.4 Å². The minimum Gasteiger partial charge on any atom is -0.390 e. The van der Waals surface area contributed by atoms with E-state index in [0.29, 0.717) is 6.04 Å². The van der Waals surface area contributed by atoms with E-state index < -0.39 is 0 Å². The molecule has 3 N–H and O–H groups in total.